The van der Waals surface area contributed by atoms with Gasteiger partial charge >= 0.3 is 6.18 Å². The number of amides is 2. The van der Waals surface area contributed by atoms with Crippen molar-refractivity contribution in [3.8, 4) is 11.5 Å². The maximum Gasteiger partial charge on any atom is 0.416 e. The summed E-state index contributed by atoms with van der Waals surface area (Å²) in [7, 11) is 3.13. The van der Waals surface area contributed by atoms with Crippen molar-refractivity contribution >= 4 is 17.5 Å². The van der Waals surface area contributed by atoms with Gasteiger partial charge in [0.25, 0.3) is 5.91 Å². The summed E-state index contributed by atoms with van der Waals surface area (Å²) in [5.41, 5.74) is 2.86. The first kappa shape index (κ1) is 27.0. The molecule has 0 radical (unpaired) electrons. The first-order chi connectivity index (χ1) is 19.7. The van der Waals surface area contributed by atoms with E-state index in [4.69, 9.17) is 9.47 Å². The van der Waals surface area contributed by atoms with Crippen molar-refractivity contribution in [1.29, 1.82) is 0 Å². The van der Waals surface area contributed by atoms with E-state index in [9.17, 15) is 22.8 Å². The van der Waals surface area contributed by atoms with Crippen molar-refractivity contribution in [2.75, 3.05) is 51.8 Å². The monoisotopic (exact) mass is 565 g/mol. The number of ether oxygens (including phenoxy) is 2. The second-order valence-electron chi connectivity index (χ2n) is 10.5. The van der Waals surface area contributed by atoms with E-state index in [2.05, 4.69) is 0 Å². The normalized spacial score (nSPS) is 20.2. The van der Waals surface area contributed by atoms with E-state index in [1.807, 2.05) is 29.2 Å². The quantitative estimate of drug-likeness (QED) is 0.450. The lowest BCUT2D eigenvalue weighted by Crippen LogP contribution is -2.54. The number of hydrogen-bond donors (Lipinski definition) is 0. The number of piperazine rings is 1. The SMILES string of the molecule is COc1cc2c(cc1OC)[C@H]1[C@@H](C(=O)N3CCN(c4cccc(C(F)(F)F)c4)CC3)c3ccccc3C(=O)N1CC2. The van der Waals surface area contributed by atoms with Crippen LogP contribution in [-0.4, -0.2) is 68.6 Å². The van der Waals surface area contributed by atoms with Gasteiger partial charge in [-0.2, -0.15) is 13.2 Å². The minimum absolute atomic E-state index is 0.105. The smallest absolute Gasteiger partial charge is 0.416 e. The number of rotatable bonds is 4. The number of halogens is 3. The first-order valence-electron chi connectivity index (χ1n) is 13.6. The van der Waals surface area contributed by atoms with Gasteiger partial charge in [0, 0.05) is 44.0 Å². The molecule has 6 rings (SSSR count). The molecule has 0 unspecified atom stereocenters. The zero-order valence-electron chi connectivity index (χ0n) is 22.8. The fourth-order valence-corrected chi connectivity index (χ4v) is 6.38. The molecule has 0 saturated carbocycles. The lowest BCUT2D eigenvalue weighted by atomic mass is 9.75. The zero-order valence-corrected chi connectivity index (χ0v) is 22.8. The summed E-state index contributed by atoms with van der Waals surface area (Å²) < 4.78 is 50.9. The van der Waals surface area contributed by atoms with Crippen LogP contribution in [0.3, 0.4) is 0 Å². The molecule has 10 heteroatoms. The van der Waals surface area contributed by atoms with Crippen LogP contribution in [0.1, 0.15) is 44.6 Å². The van der Waals surface area contributed by atoms with Gasteiger partial charge in [0.1, 0.15) is 0 Å². The van der Waals surface area contributed by atoms with Crippen LogP contribution < -0.4 is 14.4 Å². The van der Waals surface area contributed by atoms with Gasteiger partial charge < -0.3 is 24.2 Å². The van der Waals surface area contributed by atoms with Gasteiger partial charge in [0.2, 0.25) is 5.91 Å². The van der Waals surface area contributed by atoms with Gasteiger partial charge in [0.15, 0.2) is 11.5 Å². The second kappa shape index (κ2) is 10.3. The van der Waals surface area contributed by atoms with Crippen molar-refractivity contribution in [1.82, 2.24) is 9.80 Å². The van der Waals surface area contributed by atoms with Gasteiger partial charge in [-0.25, -0.2) is 0 Å². The van der Waals surface area contributed by atoms with Crippen molar-refractivity contribution < 1.29 is 32.2 Å². The lowest BCUT2D eigenvalue weighted by Gasteiger charge is -2.47. The van der Waals surface area contributed by atoms with Crippen LogP contribution in [0.2, 0.25) is 0 Å². The summed E-state index contributed by atoms with van der Waals surface area (Å²) in [6, 6.07) is 15.8. The highest BCUT2D eigenvalue weighted by molar-refractivity contribution is 6.01. The molecule has 0 aromatic heterocycles. The molecule has 2 atom stereocenters. The number of carbonyl (C=O) groups is 2. The maximum atomic E-state index is 14.4. The molecule has 214 valence electrons. The van der Waals surface area contributed by atoms with Crippen molar-refractivity contribution in [2.24, 2.45) is 0 Å². The van der Waals surface area contributed by atoms with Crippen LogP contribution in [0.5, 0.6) is 11.5 Å². The molecule has 2 amide bonds. The average Bonchev–Trinajstić information content (AvgIpc) is 3.00. The third kappa shape index (κ3) is 4.65. The number of fused-ring (bicyclic) bond motifs is 4. The Morgan fingerprint density at radius 2 is 1.56 bits per heavy atom. The molecule has 1 saturated heterocycles. The molecule has 3 aliphatic heterocycles. The minimum Gasteiger partial charge on any atom is -0.493 e. The molecule has 0 spiro atoms. The molecule has 7 nitrogen and oxygen atoms in total. The Hall–Kier alpha value is -4.21. The van der Waals surface area contributed by atoms with Gasteiger partial charge in [-0.15, -0.1) is 0 Å². The zero-order chi connectivity index (χ0) is 28.9. The Labute approximate surface area is 236 Å². The molecule has 0 bridgehead atoms. The van der Waals surface area contributed by atoms with E-state index in [0.29, 0.717) is 67.5 Å². The van der Waals surface area contributed by atoms with Gasteiger partial charge in [-0.05, 0) is 59.5 Å². The number of methoxy groups -OCH3 is 2. The lowest BCUT2D eigenvalue weighted by molar-refractivity contribution is -0.137. The fourth-order valence-electron chi connectivity index (χ4n) is 6.38. The van der Waals surface area contributed by atoms with Crippen LogP contribution in [0.4, 0.5) is 18.9 Å². The highest BCUT2D eigenvalue weighted by atomic mass is 19.4. The highest BCUT2D eigenvalue weighted by Crippen LogP contribution is 2.49. The number of hydrogen-bond acceptors (Lipinski definition) is 5. The molecule has 41 heavy (non-hydrogen) atoms. The predicted octanol–water partition coefficient (Wildman–Crippen LogP) is 4.91. The van der Waals surface area contributed by atoms with Crippen molar-refractivity contribution in [2.45, 2.75) is 24.6 Å². The van der Waals surface area contributed by atoms with Crippen LogP contribution in [0.25, 0.3) is 0 Å². The third-order valence-electron chi connectivity index (χ3n) is 8.42. The Morgan fingerprint density at radius 1 is 0.854 bits per heavy atom. The summed E-state index contributed by atoms with van der Waals surface area (Å²) in [5.74, 6) is 0.271. The average molecular weight is 566 g/mol. The van der Waals surface area contributed by atoms with Crippen molar-refractivity contribution in [3.63, 3.8) is 0 Å². The fraction of sp³-hybridized carbons (Fsp3) is 0.355. The number of nitrogens with zero attached hydrogens (tertiary/aromatic N) is 3. The molecule has 1 fully saturated rings. The van der Waals surface area contributed by atoms with Crippen molar-refractivity contribution in [3.05, 3.63) is 88.5 Å². The highest BCUT2D eigenvalue weighted by Gasteiger charge is 2.48. The van der Waals surface area contributed by atoms with E-state index >= 15 is 0 Å². The number of alkyl halides is 3. The van der Waals surface area contributed by atoms with Gasteiger partial charge in [-0.1, -0.05) is 24.3 Å². The third-order valence-corrected chi connectivity index (χ3v) is 8.42. The summed E-state index contributed by atoms with van der Waals surface area (Å²) >= 11 is 0. The van der Waals surface area contributed by atoms with Gasteiger partial charge in [-0.3, -0.25) is 9.59 Å². The molecule has 3 aromatic carbocycles. The predicted molar refractivity (Wildman–Crippen MR) is 146 cm³/mol. The Bertz CT molecular complexity index is 1500. The summed E-state index contributed by atoms with van der Waals surface area (Å²) in [4.78, 5) is 33.4. The topological polar surface area (TPSA) is 62.3 Å². The van der Waals surface area contributed by atoms with E-state index in [-0.39, 0.29) is 11.8 Å². The van der Waals surface area contributed by atoms with E-state index in [0.717, 1.165) is 23.3 Å². The Balaban J connectivity index is 1.33. The standard InChI is InChI=1S/C31H30F3N3O4/c1-40-25-16-19-10-11-37-28(24(19)18-26(25)41-2)27(22-8-3-4-9-23(22)29(37)38)30(39)36-14-12-35(13-15-36)21-7-5-6-20(17-21)31(32,33)34/h3-9,16-18,27-28H,10-15H2,1-2H3/t27-,28-/m0/s1. The molecular weight excluding hydrogens is 535 g/mol. The number of anilines is 1. The molecule has 0 aliphatic carbocycles. The summed E-state index contributed by atoms with van der Waals surface area (Å²) in [5, 5.41) is 0. The molecule has 0 N–H and O–H groups in total. The van der Waals surface area contributed by atoms with E-state index < -0.39 is 23.7 Å². The van der Waals surface area contributed by atoms with Crippen LogP contribution in [0, 0.1) is 0 Å². The molecule has 3 aromatic rings. The molecule has 3 heterocycles. The van der Waals surface area contributed by atoms with E-state index in [1.54, 1.807) is 42.2 Å². The summed E-state index contributed by atoms with van der Waals surface area (Å²) in [6.45, 7) is 1.97. The Kier molecular flexibility index (Phi) is 6.79. The van der Waals surface area contributed by atoms with Crippen LogP contribution in [0.15, 0.2) is 60.7 Å². The Morgan fingerprint density at radius 3 is 2.27 bits per heavy atom. The number of benzene rings is 3. The largest absolute Gasteiger partial charge is 0.493 e. The summed E-state index contributed by atoms with van der Waals surface area (Å²) in [6.07, 6.45) is -3.80. The molecule has 3 aliphatic rings. The van der Waals surface area contributed by atoms with Crippen LogP contribution >= 0.6 is 0 Å². The number of carbonyl (C=O) groups excluding carboxylic acids is 2. The van der Waals surface area contributed by atoms with Gasteiger partial charge in [0.05, 0.1) is 31.7 Å². The minimum atomic E-state index is -4.42. The molecular formula is C31H30F3N3O4. The van der Waals surface area contributed by atoms with E-state index in [1.165, 1.54) is 6.07 Å². The second-order valence-corrected chi connectivity index (χ2v) is 10.5. The maximum absolute atomic E-state index is 14.4. The van der Waals surface area contributed by atoms with Crippen LogP contribution in [-0.2, 0) is 17.4 Å². The first-order valence-corrected chi connectivity index (χ1v) is 13.6.